The highest BCUT2D eigenvalue weighted by Crippen LogP contribution is 2.24. The van der Waals surface area contributed by atoms with Gasteiger partial charge in [-0.2, -0.15) is 0 Å². The van der Waals surface area contributed by atoms with Gasteiger partial charge in [-0.25, -0.2) is 0 Å². The van der Waals surface area contributed by atoms with Gasteiger partial charge in [-0.15, -0.1) is 0 Å². The van der Waals surface area contributed by atoms with E-state index >= 15 is 0 Å². The molecule has 0 aliphatic heterocycles. The van der Waals surface area contributed by atoms with Crippen molar-refractivity contribution < 1.29 is 4.74 Å². The van der Waals surface area contributed by atoms with Crippen LogP contribution in [-0.4, -0.2) is 7.11 Å². The summed E-state index contributed by atoms with van der Waals surface area (Å²) in [6, 6.07) is 14.6. The zero-order valence-electron chi connectivity index (χ0n) is 12.8. The Morgan fingerprint density at radius 1 is 1.00 bits per heavy atom. The fourth-order valence-electron chi connectivity index (χ4n) is 2.19. The van der Waals surface area contributed by atoms with Gasteiger partial charge in [-0.1, -0.05) is 55.8 Å². The Balaban J connectivity index is 1.87. The van der Waals surface area contributed by atoms with E-state index in [2.05, 4.69) is 43.4 Å². The van der Waals surface area contributed by atoms with Crippen LogP contribution in [0.25, 0.3) is 0 Å². The monoisotopic (exact) mass is 303 g/mol. The highest BCUT2D eigenvalue weighted by atomic mass is 35.5. The van der Waals surface area contributed by atoms with Gasteiger partial charge in [0.2, 0.25) is 0 Å². The molecule has 0 amide bonds. The van der Waals surface area contributed by atoms with Crippen molar-refractivity contribution in [3.63, 3.8) is 0 Å². The van der Waals surface area contributed by atoms with E-state index in [0.717, 1.165) is 18.7 Å². The maximum atomic E-state index is 6.12. The van der Waals surface area contributed by atoms with Crippen molar-refractivity contribution in [2.75, 3.05) is 7.11 Å². The summed E-state index contributed by atoms with van der Waals surface area (Å²) in [5.74, 6) is 1.29. The molecule has 0 radical (unpaired) electrons. The van der Waals surface area contributed by atoms with Gasteiger partial charge in [-0.05, 0) is 34.7 Å². The van der Waals surface area contributed by atoms with Gasteiger partial charge in [0.1, 0.15) is 5.75 Å². The van der Waals surface area contributed by atoms with Crippen LogP contribution in [0.15, 0.2) is 42.5 Å². The van der Waals surface area contributed by atoms with Gasteiger partial charge in [0, 0.05) is 13.1 Å². The van der Waals surface area contributed by atoms with E-state index in [0.29, 0.717) is 16.7 Å². The number of benzene rings is 2. The van der Waals surface area contributed by atoms with Crippen LogP contribution >= 0.6 is 11.6 Å². The topological polar surface area (TPSA) is 21.3 Å². The number of hydrogen-bond acceptors (Lipinski definition) is 2. The van der Waals surface area contributed by atoms with Crippen molar-refractivity contribution in [2.45, 2.75) is 32.9 Å². The maximum Gasteiger partial charge on any atom is 0.137 e. The number of ether oxygens (including phenoxy) is 1. The summed E-state index contributed by atoms with van der Waals surface area (Å²) in [5.41, 5.74) is 3.82. The molecule has 0 bridgehead atoms. The second-order valence-electron chi connectivity index (χ2n) is 5.47. The molecule has 1 N–H and O–H groups in total. The Kier molecular flexibility index (Phi) is 5.66. The molecule has 0 unspecified atom stereocenters. The Hall–Kier alpha value is -1.51. The Labute approximate surface area is 132 Å². The number of nitrogens with one attached hydrogen (secondary N) is 1. The average molecular weight is 304 g/mol. The Bertz CT molecular complexity index is 578. The predicted molar refractivity (Wildman–Crippen MR) is 89.1 cm³/mol. The molecular weight excluding hydrogens is 282 g/mol. The molecule has 2 rings (SSSR count). The highest BCUT2D eigenvalue weighted by Gasteiger charge is 2.02. The summed E-state index contributed by atoms with van der Waals surface area (Å²) in [6.45, 7) is 6.05. The molecule has 3 heteroatoms. The number of rotatable bonds is 6. The quantitative estimate of drug-likeness (QED) is 0.830. The predicted octanol–water partition coefficient (Wildman–Crippen LogP) is 4.76. The zero-order valence-corrected chi connectivity index (χ0v) is 13.6. The molecule has 112 valence electrons. The maximum absolute atomic E-state index is 6.12. The van der Waals surface area contributed by atoms with Crippen LogP contribution in [0.5, 0.6) is 5.75 Å². The van der Waals surface area contributed by atoms with E-state index in [4.69, 9.17) is 16.3 Å². The van der Waals surface area contributed by atoms with Crippen molar-refractivity contribution in [3.05, 3.63) is 64.2 Å². The molecule has 0 saturated carbocycles. The van der Waals surface area contributed by atoms with E-state index in [1.807, 2.05) is 18.2 Å². The summed E-state index contributed by atoms with van der Waals surface area (Å²) < 4.78 is 5.15. The highest BCUT2D eigenvalue weighted by molar-refractivity contribution is 6.32. The third kappa shape index (κ3) is 4.48. The van der Waals surface area contributed by atoms with Crippen LogP contribution in [-0.2, 0) is 13.1 Å². The molecule has 2 nitrogen and oxygen atoms in total. The summed E-state index contributed by atoms with van der Waals surface area (Å²) in [5, 5.41) is 4.08. The second-order valence-corrected chi connectivity index (χ2v) is 5.88. The van der Waals surface area contributed by atoms with Gasteiger partial charge >= 0.3 is 0 Å². The molecule has 2 aromatic carbocycles. The average Bonchev–Trinajstić information content (AvgIpc) is 2.48. The zero-order chi connectivity index (χ0) is 15.2. The summed E-state index contributed by atoms with van der Waals surface area (Å²) in [6.07, 6.45) is 0. The minimum Gasteiger partial charge on any atom is -0.495 e. The normalized spacial score (nSPS) is 10.9. The lowest BCUT2D eigenvalue weighted by atomic mass is 10.0. The lowest BCUT2D eigenvalue weighted by Crippen LogP contribution is -2.12. The molecule has 0 atom stereocenters. The second kappa shape index (κ2) is 7.48. The minimum absolute atomic E-state index is 0.577. The molecule has 0 fully saturated rings. The minimum atomic E-state index is 0.577. The number of methoxy groups -OCH3 is 1. The molecule has 0 spiro atoms. The van der Waals surface area contributed by atoms with Crippen LogP contribution in [0.3, 0.4) is 0 Å². The standard InChI is InChI=1S/C18H22ClNO/c1-13(2)16-7-4-14(5-8-16)11-20-12-15-6-9-18(21-3)17(19)10-15/h4-10,13,20H,11-12H2,1-3H3. The van der Waals surface area contributed by atoms with Gasteiger partial charge in [0.05, 0.1) is 12.1 Å². The van der Waals surface area contributed by atoms with E-state index < -0.39 is 0 Å². The number of hydrogen-bond donors (Lipinski definition) is 1. The SMILES string of the molecule is COc1ccc(CNCc2ccc(C(C)C)cc2)cc1Cl. The molecule has 0 aliphatic carbocycles. The van der Waals surface area contributed by atoms with Gasteiger partial charge in [0.25, 0.3) is 0 Å². The summed E-state index contributed by atoms with van der Waals surface area (Å²) >= 11 is 6.12. The van der Waals surface area contributed by atoms with Crippen molar-refractivity contribution in [2.24, 2.45) is 0 Å². The van der Waals surface area contributed by atoms with Gasteiger partial charge in [-0.3, -0.25) is 0 Å². The van der Waals surface area contributed by atoms with E-state index in [-0.39, 0.29) is 0 Å². The fourth-order valence-corrected chi connectivity index (χ4v) is 2.47. The summed E-state index contributed by atoms with van der Waals surface area (Å²) in [7, 11) is 1.62. The van der Waals surface area contributed by atoms with Crippen LogP contribution in [0.2, 0.25) is 5.02 Å². The molecule has 0 aromatic heterocycles. The first-order chi connectivity index (χ1) is 10.1. The van der Waals surface area contributed by atoms with Gasteiger partial charge in [0.15, 0.2) is 0 Å². The lowest BCUT2D eigenvalue weighted by molar-refractivity contribution is 0.415. The lowest BCUT2D eigenvalue weighted by Gasteiger charge is -2.09. The Morgan fingerprint density at radius 2 is 1.62 bits per heavy atom. The van der Waals surface area contributed by atoms with Crippen LogP contribution < -0.4 is 10.1 Å². The van der Waals surface area contributed by atoms with Crippen molar-refractivity contribution in [1.82, 2.24) is 5.32 Å². The molecule has 0 aliphatic rings. The largest absolute Gasteiger partial charge is 0.495 e. The third-order valence-corrected chi connectivity index (χ3v) is 3.82. The van der Waals surface area contributed by atoms with Crippen LogP contribution in [0, 0.1) is 0 Å². The Morgan fingerprint density at radius 3 is 2.19 bits per heavy atom. The summed E-state index contributed by atoms with van der Waals surface area (Å²) in [4.78, 5) is 0. The molecule has 21 heavy (non-hydrogen) atoms. The van der Waals surface area contributed by atoms with Crippen LogP contribution in [0.1, 0.15) is 36.5 Å². The van der Waals surface area contributed by atoms with Crippen molar-refractivity contribution in [1.29, 1.82) is 0 Å². The fraction of sp³-hybridized carbons (Fsp3) is 0.333. The third-order valence-electron chi connectivity index (χ3n) is 3.52. The van der Waals surface area contributed by atoms with Crippen LogP contribution in [0.4, 0.5) is 0 Å². The first kappa shape index (κ1) is 15.9. The smallest absolute Gasteiger partial charge is 0.137 e. The molecule has 2 aromatic rings. The molecule has 0 heterocycles. The molecule has 0 saturated heterocycles. The molecular formula is C18H22ClNO. The van der Waals surface area contributed by atoms with E-state index in [1.165, 1.54) is 11.1 Å². The number of halogens is 1. The van der Waals surface area contributed by atoms with E-state index in [9.17, 15) is 0 Å². The van der Waals surface area contributed by atoms with Gasteiger partial charge < -0.3 is 10.1 Å². The first-order valence-electron chi connectivity index (χ1n) is 7.22. The van der Waals surface area contributed by atoms with Crippen molar-refractivity contribution in [3.8, 4) is 5.75 Å². The first-order valence-corrected chi connectivity index (χ1v) is 7.60. The van der Waals surface area contributed by atoms with E-state index in [1.54, 1.807) is 7.11 Å². The van der Waals surface area contributed by atoms with Crippen molar-refractivity contribution >= 4 is 11.6 Å².